The molecule has 2 aromatic heterocycles. The smallest absolute Gasteiger partial charge is 0.280 e. The molecule has 8 nitrogen and oxygen atoms in total. The van der Waals surface area contributed by atoms with E-state index < -0.39 is 0 Å². The molecule has 0 aliphatic heterocycles. The van der Waals surface area contributed by atoms with Crippen LogP contribution in [-0.4, -0.2) is 38.1 Å². The van der Waals surface area contributed by atoms with E-state index >= 15 is 0 Å². The summed E-state index contributed by atoms with van der Waals surface area (Å²) in [5.74, 6) is 0.0326. The van der Waals surface area contributed by atoms with Crippen molar-refractivity contribution in [1.29, 1.82) is 0 Å². The van der Waals surface area contributed by atoms with Crippen molar-refractivity contribution in [3.8, 4) is 5.75 Å². The summed E-state index contributed by atoms with van der Waals surface area (Å²) in [6, 6.07) is 13.0. The van der Waals surface area contributed by atoms with E-state index in [1.54, 1.807) is 16.4 Å². The summed E-state index contributed by atoms with van der Waals surface area (Å²) in [5, 5.41) is 7.58. The van der Waals surface area contributed by atoms with Crippen molar-refractivity contribution in [3.05, 3.63) is 76.0 Å². The lowest BCUT2D eigenvalue weighted by Crippen LogP contribution is -2.26. The number of carbonyl (C=O) groups excluding carboxylic acids is 1. The standard InChI is InChI=1S/C24H24FN5O3S/c1-4-30-22-21(15(2)28-30)27-24(34-14-20(31)26-18-10-8-17(25)9-11-18)29(23(22)32)13-16-6-5-7-19(12-16)33-3/h5-12H,4,13-14H2,1-3H3,(H,26,31). The third-order valence-electron chi connectivity index (χ3n) is 5.22. The third kappa shape index (κ3) is 4.96. The summed E-state index contributed by atoms with van der Waals surface area (Å²) in [6.45, 7) is 4.52. The van der Waals surface area contributed by atoms with Crippen LogP contribution in [0.4, 0.5) is 10.1 Å². The molecule has 0 radical (unpaired) electrons. The van der Waals surface area contributed by atoms with E-state index in [4.69, 9.17) is 9.72 Å². The Labute approximate surface area is 199 Å². The molecule has 0 aliphatic carbocycles. The number of anilines is 1. The Bertz CT molecular complexity index is 1400. The molecule has 10 heteroatoms. The second kappa shape index (κ2) is 10.1. The van der Waals surface area contributed by atoms with Crippen LogP contribution in [0.1, 0.15) is 18.2 Å². The van der Waals surface area contributed by atoms with Gasteiger partial charge in [0.25, 0.3) is 5.56 Å². The van der Waals surface area contributed by atoms with Crippen LogP contribution in [0.25, 0.3) is 11.0 Å². The number of thioether (sulfide) groups is 1. The highest BCUT2D eigenvalue weighted by atomic mass is 32.2. The molecule has 0 saturated heterocycles. The lowest BCUT2D eigenvalue weighted by Gasteiger charge is -2.13. The highest BCUT2D eigenvalue weighted by molar-refractivity contribution is 7.99. The van der Waals surface area contributed by atoms with Gasteiger partial charge in [-0.25, -0.2) is 9.37 Å². The minimum absolute atomic E-state index is 0.0222. The molecule has 2 aromatic carbocycles. The Balaban J connectivity index is 1.67. The summed E-state index contributed by atoms with van der Waals surface area (Å²) < 4.78 is 21.6. The van der Waals surface area contributed by atoms with Gasteiger partial charge in [-0.1, -0.05) is 23.9 Å². The molecule has 176 valence electrons. The predicted molar refractivity (Wildman–Crippen MR) is 130 cm³/mol. The van der Waals surface area contributed by atoms with Gasteiger partial charge in [0.15, 0.2) is 10.7 Å². The maximum atomic E-state index is 13.6. The number of ether oxygens (including phenoxy) is 1. The summed E-state index contributed by atoms with van der Waals surface area (Å²) in [5.41, 5.74) is 2.73. The van der Waals surface area contributed by atoms with Crippen molar-refractivity contribution >= 4 is 34.4 Å². The number of benzene rings is 2. The quantitative estimate of drug-likeness (QED) is 0.304. The van der Waals surface area contributed by atoms with E-state index in [1.165, 1.54) is 24.3 Å². The number of nitrogens with zero attached hydrogens (tertiary/aromatic N) is 4. The van der Waals surface area contributed by atoms with E-state index in [2.05, 4.69) is 10.4 Å². The highest BCUT2D eigenvalue weighted by Crippen LogP contribution is 2.22. The first-order valence-electron chi connectivity index (χ1n) is 10.7. The minimum Gasteiger partial charge on any atom is -0.497 e. The second-order valence-corrected chi connectivity index (χ2v) is 8.52. The van der Waals surface area contributed by atoms with Crippen LogP contribution in [-0.2, 0) is 17.9 Å². The van der Waals surface area contributed by atoms with Gasteiger partial charge in [-0.3, -0.25) is 18.8 Å². The van der Waals surface area contributed by atoms with Crippen molar-refractivity contribution in [2.45, 2.75) is 32.1 Å². The monoisotopic (exact) mass is 481 g/mol. The number of rotatable bonds is 8. The highest BCUT2D eigenvalue weighted by Gasteiger charge is 2.19. The average molecular weight is 482 g/mol. The molecule has 0 unspecified atom stereocenters. The normalized spacial score (nSPS) is 11.1. The zero-order chi connectivity index (χ0) is 24.2. The van der Waals surface area contributed by atoms with Gasteiger partial charge in [-0.2, -0.15) is 5.10 Å². The molecule has 0 bridgehead atoms. The maximum Gasteiger partial charge on any atom is 0.280 e. The largest absolute Gasteiger partial charge is 0.497 e. The van der Waals surface area contributed by atoms with Crippen LogP contribution in [0.2, 0.25) is 0 Å². The molecule has 0 atom stereocenters. The van der Waals surface area contributed by atoms with Crippen LogP contribution < -0.4 is 15.6 Å². The number of hydrogen-bond acceptors (Lipinski definition) is 6. The number of halogens is 1. The van der Waals surface area contributed by atoms with Crippen molar-refractivity contribution in [2.75, 3.05) is 18.2 Å². The predicted octanol–water partition coefficient (Wildman–Crippen LogP) is 3.85. The van der Waals surface area contributed by atoms with E-state index in [0.717, 1.165) is 17.3 Å². The number of methoxy groups -OCH3 is 1. The van der Waals surface area contributed by atoms with Gasteiger partial charge in [0.1, 0.15) is 17.1 Å². The van der Waals surface area contributed by atoms with Crippen molar-refractivity contribution in [1.82, 2.24) is 19.3 Å². The molecule has 4 aromatic rings. The average Bonchev–Trinajstić information content (AvgIpc) is 3.17. The zero-order valence-electron chi connectivity index (χ0n) is 19.0. The number of aryl methyl sites for hydroxylation is 2. The lowest BCUT2D eigenvalue weighted by atomic mass is 10.2. The van der Waals surface area contributed by atoms with Gasteiger partial charge >= 0.3 is 0 Å². The van der Waals surface area contributed by atoms with Crippen molar-refractivity contribution in [2.24, 2.45) is 0 Å². The number of fused-ring (bicyclic) bond motifs is 1. The van der Waals surface area contributed by atoms with Gasteiger partial charge in [-0.05, 0) is 55.8 Å². The maximum absolute atomic E-state index is 13.6. The van der Waals surface area contributed by atoms with E-state index in [9.17, 15) is 14.0 Å². The Morgan fingerprint density at radius 2 is 1.97 bits per heavy atom. The van der Waals surface area contributed by atoms with Gasteiger partial charge in [-0.15, -0.1) is 0 Å². The fraction of sp³-hybridized carbons (Fsp3) is 0.250. The first-order valence-corrected chi connectivity index (χ1v) is 11.7. The number of nitrogens with one attached hydrogen (secondary N) is 1. The molecule has 1 amide bonds. The molecular formula is C24H24FN5O3S. The van der Waals surface area contributed by atoms with Crippen LogP contribution in [0.5, 0.6) is 5.75 Å². The molecule has 4 rings (SSSR count). The van der Waals surface area contributed by atoms with E-state index in [1.807, 2.05) is 38.1 Å². The fourth-order valence-electron chi connectivity index (χ4n) is 3.58. The molecular weight excluding hydrogens is 457 g/mol. The number of hydrogen-bond donors (Lipinski definition) is 1. The van der Waals surface area contributed by atoms with Crippen LogP contribution >= 0.6 is 11.8 Å². The molecule has 0 spiro atoms. The number of amides is 1. The molecule has 0 saturated carbocycles. The van der Waals surface area contributed by atoms with E-state index in [0.29, 0.717) is 39.9 Å². The molecule has 0 fully saturated rings. The summed E-state index contributed by atoms with van der Waals surface area (Å²) >= 11 is 1.16. The van der Waals surface area contributed by atoms with Gasteiger partial charge < -0.3 is 10.1 Å². The van der Waals surface area contributed by atoms with E-state index in [-0.39, 0.29) is 29.6 Å². The molecule has 34 heavy (non-hydrogen) atoms. The zero-order valence-corrected chi connectivity index (χ0v) is 19.9. The Kier molecular flexibility index (Phi) is 6.97. The minimum atomic E-state index is -0.380. The molecule has 1 N–H and O–H groups in total. The lowest BCUT2D eigenvalue weighted by molar-refractivity contribution is -0.113. The summed E-state index contributed by atoms with van der Waals surface area (Å²) in [7, 11) is 1.59. The first-order chi connectivity index (χ1) is 16.4. The number of aromatic nitrogens is 4. The third-order valence-corrected chi connectivity index (χ3v) is 6.19. The first kappa shape index (κ1) is 23.5. The Morgan fingerprint density at radius 1 is 1.21 bits per heavy atom. The topological polar surface area (TPSA) is 91.0 Å². The van der Waals surface area contributed by atoms with Crippen LogP contribution in [0.3, 0.4) is 0 Å². The SMILES string of the molecule is CCn1nc(C)c2nc(SCC(=O)Nc3ccc(F)cc3)n(Cc3cccc(OC)c3)c(=O)c21. The summed E-state index contributed by atoms with van der Waals surface area (Å²) in [4.78, 5) is 30.8. The molecule has 0 aliphatic rings. The van der Waals surface area contributed by atoms with Crippen molar-refractivity contribution in [3.63, 3.8) is 0 Å². The van der Waals surface area contributed by atoms with Crippen LogP contribution in [0.15, 0.2) is 58.5 Å². The van der Waals surface area contributed by atoms with Crippen molar-refractivity contribution < 1.29 is 13.9 Å². The fourth-order valence-corrected chi connectivity index (χ4v) is 4.37. The Hall–Kier alpha value is -3.66. The van der Waals surface area contributed by atoms with Gasteiger partial charge in [0, 0.05) is 12.2 Å². The molecule has 2 heterocycles. The second-order valence-electron chi connectivity index (χ2n) is 7.58. The Morgan fingerprint density at radius 3 is 2.68 bits per heavy atom. The van der Waals surface area contributed by atoms with Gasteiger partial charge in [0.05, 0.1) is 25.1 Å². The van der Waals surface area contributed by atoms with Crippen LogP contribution in [0, 0.1) is 12.7 Å². The number of carbonyl (C=O) groups is 1. The van der Waals surface area contributed by atoms with Gasteiger partial charge in [0.2, 0.25) is 5.91 Å². The summed E-state index contributed by atoms with van der Waals surface area (Å²) in [6.07, 6.45) is 0.